The molecule has 2 aromatic rings. The van der Waals surface area contributed by atoms with Gasteiger partial charge in [-0.1, -0.05) is 23.7 Å². The van der Waals surface area contributed by atoms with Crippen LogP contribution in [0.3, 0.4) is 0 Å². The number of halogens is 2. The zero-order chi connectivity index (χ0) is 14.7. The molecule has 0 aliphatic heterocycles. The highest BCUT2D eigenvalue weighted by Gasteiger charge is 2.11. The van der Waals surface area contributed by atoms with Crippen molar-refractivity contribution in [3.05, 3.63) is 64.4 Å². The average molecular weight is 292 g/mol. The van der Waals surface area contributed by atoms with Gasteiger partial charge in [0.15, 0.2) is 0 Å². The maximum atomic E-state index is 13.8. The Morgan fingerprint density at radius 3 is 2.70 bits per heavy atom. The Bertz CT molecular complexity index is 643. The summed E-state index contributed by atoms with van der Waals surface area (Å²) in [5.74, 6) is -0.319. The molecule has 3 N–H and O–H groups in total. The minimum absolute atomic E-state index is 0.0148. The fraction of sp³-hybridized carbons (Fsp3) is 0.133. The fourth-order valence-corrected chi connectivity index (χ4v) is 2.23. The summed E-state index contributed by atoms with van der Waals surface area (Å²) < 4.78 is 13.8. The van der Waals surface area contributed by atoms with Gasteiger partial charge in [-0.25, -0.2) is 4.39 Å². The van der Waals surface area contributed by atoms with Gasteiger partial charge >= 0.3 is 0 Å². The summed E-state index contributed by atoms with van der Waals surface area (Å²) >= 11 is 5.89. The predicted molar refractivity (Wildman–Crippen MR) is 81.0 cm³/mol. The van der Waals surface area contributed by atoms with Crippen LogP contribution in [0.5, 0.6) is 0 Å². The van der Waals surface area contributed by atoms with E-state index in [1.807, 2.05) is 30.1 Å². The number of rotatable bonds is 4. The lowest BCUT2D eigenvalue weighted by atomic mass is 10.1. The van der Waals surface area contributed by atoms with Gasteiger partial charge in [0.05, 0.1) is 0 Å². The number of hydrogen-bond acceptors (Lipinski definition) is 2. The monoisotopic (exact) mass is 291 g/mol. The van der Waals surface area contributed by atoms with Crippen LogP contribution in [0.15, 0.2) is 42.5 Å². The van der Waals surface area contributed by atoms with E-state index >= 15 is 0 Å². The first-order valence-corrected chi connectivity index (χ1v) is 6.45. The molecule has 20 heavy (non-hydrogen) atoms. The second kappa shape index (κ2) is 5.92. The molecule has 5 heteroatoms. The van der Waals surface area contributed by atoms with E-state index in [0.29, 0.717) is 22.7 Å². The Kier molecular flexibility index (Phi) is 4.25. The van der Waals surface area contributed by atoms with Crippen LogP contribution in [0.25, 0.3) is 0 Å². The molecule has 0 radical (unpaired) electrons. The molecule has 0 atom stereocenters. The molecule has 2 rings (SSSR count). The van der Waals surface area contributed by atoms with Gasteiger partial charge in [-0.05, 0) is 30.3 Å². The Morgan fingerprint density at radius 1 is 1.30 bits per heavy atom. The van der Waals surface area contributed by atoms with Crippen LogP contribution in [0.4, 0.5) is 10.1 Å². The molecule has 0 saturated heterocycles. The number of nitrogens with zero attached hydrogens (tertiary/aromatic N) is 1. The van der Waals surface area contributed by atoms with Gasteiger partial charge in [0.1, 0.15) is 11.7 Å². The quantitative estimate of drug-likeness (QED) is 0.670. The van der Waals surface area contributed by atoms with Crippen molar-refractivity contribution < 1.29 is 4.39 Å². The van der Waals surface area contributed by atoms with Gasteiger partial charge in [0, 0.05) is 35.4 Å². The number of nitrogen functional groups attached to an aromatic ring is 1. The lowest BCUT2D eigenvalue weighted by Crippen LogP contribution is -2.22. The van der Waals surface area contributed by atoms with Gasteiger partial charge in [0.25, 0.3) is 0 Å². The van der Waals surface area contributed by atoms with Gasteiger partial charge < -0.3 is 10.6 Å². The third-order valence-electron chi connectivity index (χ3n) is 3.02. The number of benzene rings is 2. The highest BCUT2D eigenvalue weighted by atomic mass is 35.5. The smallest absolute Gasteiger partial charge is 0.128 e. The second-order valence-electron chi connectivity index (χ2n) is 4.52. The van der Waals surface area contributed by atoms with Crippen molar-refractivity contribution in [2.24, 2.45) is 5.73 Å². The van der Waals surface area contributed by atoms with E-state index in [1.165, 1.54) is 12.1 Å². The largest absolute Gasteiger partial charge is 0.384 e. The number of hydrogen-bond donors (Lipinski definition) is 2. The maximum Gasteiger partial charge on any atom is 0.128 e. The van der Waals surface area contributed by atoms with E-state index in [1.54, 1.807) is 12.1 Å². The van der Waals surface area contributed by atoms with Crippen LogP contribution < -0.4 is 10.6 Å². The molecule has 0 fully saturated rings. The molecule has 3 nitrogen and oxygen atoms in total. The van der Waals surface area contributed by atoms with Crippen molar-refractivity contribution in [2.45, 2.75) is 6.54 Å². The van der Waals surface area contributed by atoms with Crippen molar-refractivity contribution in [1.29, 1.82) is 5.41 Å². The molecule has 0 amide bonds. The topological polar surface area (TPSA) is 53.1 Å². The number of amidine groups is 1. The van der Waals surface area contributed by atoms with Crippen LogP contribution in [0.2, 0.25) is 5.02 Å². The molecule has 0 bridgehead atoms. The number of nitrogens with two attached hydrogens (primary N) is 1. The molecule has 104 valence electrons. The normalized spacial score (nSPS) is 10.3. The maximum absolute atomic E-state index is 13.8. The third kappa shape index (κ3) is 3.08. The minimum Gasteiger partial charge on any atom is -0.384 e. The predicted octanol–water partition coefficient (Wildman–Crippen LogP) is 3.40. The van der Waals surface area contributed by atoms with Gasteiger partial charge in [-0.15, -0.1) is 0 Å². The zero-order valence-corrected chi connectivity index (χ0v) is 11.8. The average Bonchev–Trinajstić information content (AvgIpc) is 2.42. The Labute approximate surface area is 122 Å². The van der Waals surface area contributed by atoms with Gasteiger partial charge in [-0.2, -0.15) is 0 Å². The van der Waals surface area contributed by atoms with Crippen molar-refractivity contribution in [2.75, 3.05) is 11.9 Å². The summed E-state index contributed by atoms with van der Waals surface area (Å²) in [5, 5.41) is 8.08. The Balaban J connectivity index is 2.31. The summed E-state index contributed by atoms with van der Waals surface area (Å²) in [6, 6.07) is 11.7. The van der Waals surface area contributed by atoms with Crippen molar-refractivity contribution in [3.8, 4) is 0 Å². The number of para-hydroxylation sites is 1. The van der Waals surface area contributed by atoms with E-state index in [0.717, 1.165) is 5.69 Å². The summed E-state index contributed by atoms with van der Waals surface area (Å²) in [7, 11) is 1.82. The molecule has 0 unspecified atom stereocenters. The second-order valence-corrected chi connectivity index (χ2v) is 4.96. The van der Waals surface area contributed by atoms with Crippen LogP contribution >= 0.6 is 11.6 Å². The first-order valence-electron chi connectivity index (χ1n) is 6.07. The van der Waals surface area contributed by atoms with Crippen molar-refractivity contribution in [1.82, 2.24) is 0 Å². The van der Waals surface area contributed by atoms with Crippen LogP contribution in [0, 0.1) is 11.2 Å². The molecule has 0 aromatic heterocycles. The molecular formula is C15H15ClFN3. The molecular weight excluding hydrogens is 277 g/mol. The third-order valence-corrected chi connectivity index (χ3v) is 3.26. The standard InChI is InChI=1S/C15H15ClFN3/c1-20(9-10-8-11(16)6-7-13(10)17)14-5-3-2-4-12(14)15(18)19/h2-8H,9H2,1H3,(H3,18,19). The van der Waals surface area contributed by atoms with Crippen LogP contribution in [0.1, 0.15) is 11.1 Å². The fourth-order valence-electron chi connectivity index (χ4n) is 2.04. The summed E-state index contributed by atoms with van der Waals surface area (Å²) in [5.41, 5.74) is 7.46. The Hall–Kier alpha value is -2.07. The van der Waals surface area contributed by atoms with Gasteiger partial charge in [-0.3, -0.25) is 5.41 Å². The van der Waals surface area contributed by atoms with Crippen molar-refractivity contribution in [3.63, 3.8) is 0 Å². The summed E-state index contributed by atoms with van der Waals surface area (Å²) in [6.07, 6.45) is 0. The van der Waals surface area contributed by atoms with Crippen LogP contribution in [-0.2, 0) is 6.54 Å². The molecule has 0 saturated carbocycles. The highest BCUT2D eigenvalue weighted by Crippen LogP contribution is 2.22. The SMILES string of the molecule is CN(Cc1cc(Cl)ccc1F)c1ccccc1C(=N)N. The summed E-state index contributed by atoms with van der Waals surface area (Å²) in [4.78, 5) is 1.84. The number of nitrogens with one attached hydrogen (secondary N) is 1. The van der Waals surface area contributed by atoms with Crippen LogP contribution in [-0.4, -0.2) is 12.9 Å². The summed E-state index contributed by atoms with van der Waals surface area (Å²) in [6.45, 7) is 0.344. The minimum atomic E-state index is -0.304. The Morgan fingerprint density at radius 2 is 2.00 bits per heavy atom. The van der Waals surface area contributed by atoms with E-state index in [4.69, 9.17) is 22.7 Å². The lowest BCUT2D eigenvalue weighted by molar-refractivity contribution is 0.608. The highest BCUT2D eigenvalue weighted by molar-refractivity contribution is 6.30. The molecule has 0 heterocycles. The molecule has 0 spiro atoms. The first kappa shape index (κ1) is 14.3. The van der Waals surface area contributed by atoms with E-state index in [2.05, 4.69) is 0 Å². The zero-order valence-electron chi connectivity index (χ0n) is 11.0. The number of anilines is 1. The van der Waals surface area contributed by atoms with E-state index in [9.17, 15) is 4.39 Å². The van der Waals surface area contributed by atoms with Crippen molar-refractivity contribution >= 4 is 23.1 Å². The van der Waals surface area contributed by atoms with E-state index < -0.39 is 0 Å². The first-order chi connectivity index (χ1) is 9.49. The van der Waals surface area contributed by atoms with E-state index in [-0.39, 0.29) is 11.7 Å². The molecule has 0 aliphatic rings. The van der Waals surface area contributed by atoms with Gasteiger partial charge in [0.2, 0.25) is 0 Å². The lowest BCUT2D eigenvalue weighted by Gasteiger charge is -2.22. The molecule has 0 aliphatic carbocycles. The molecule has 2 aromatic carbocycles.